The molecule has 1 rings (SSSR count). The Balaban J connectivity index is 2.47. The molecule has 78 valence electrons. The monoisotopic (exact) mass is 208 g/mol. The van der Waals surface area contributed by atoms with Crippen molar-refractivity contribution in [1.29, 1.82) is 0 Å². The summed E-state index contributed by atoms with van der Waals surface area (Å²) in [6.07, 6.45) is 0.136. The van der Waals surface area contributed by atoms with E-state index >= 15 is 0 Å². The minimum Gasteiger partial charge on any atom is -0.377 e. The standard InChI is InChI=1S/C7H16N2O3S/c1-6(2)12-5-7-4-8-13(10,11)9(7)3/h6-8H,4-5H2,1-3H3. The van der Waals surface area contributed by atoms with Crippen LogP contribution in [-0.4, -0.2) is 45.1 Å². The molecule has 0 aromatic carbocycles. The van der Waals surface area contributed by atoms with Crippen molar-refractivity contribution >= 4 is 10.2 Å². The van der Waals surface area contributed by atoms with Gasteiger partial charge in [0.05, 0.1) is 18.8 Å². The Morgan fingerprint density at radius 1 is 1.62 bits per heavy atom. The van der Waals surface area contributed by atoms with Crippen molar-refractivity contribution in [3.63, 3.8) is 0 Å². The SMILES string of the molecule is CC(C)OCC1CNS(=O)(=O)N1C. The quantitative estimate of drug-likeness (QED) is 0.684. The lowest BCUT2D eigenvalue weighted by molar-refractivity contribution is 0.0537. The van der Waals surface area contributed by atoms with Crippen LogP contribution >= 0.6 is 0 Å². The third-order valence-corrected chi connectivity index (χ3v) is 3.60. The molecule has 1 aliphatic rings. The van der Waals surface area contributed by atoms with Crippen molar-refractivity contribution in [2.75, 3.05) is 20.2 Å². The molecule has 5 nitrogen and oxygen atoms in total. The Morgan fingerprint density at radius 2 is 2.23 bits per heavy atom. The number of likely N-dealkylation sites (N-methyl/N-ethyl adjacent to an activating group) is 1. The van der Waals surface area contributed by atoms with E-state index in [1.165, 1.54) is 4.31 Å². The Hall–Kier alpha value is -0.170. The van der Waals surface area contributed by atoms with Gasteiger partial charge in [-0.3, -0.25) is 0 Å². The van der Waals surface area contributed by atoms with Crippen molar-refractivity contribution in [2.24, 2.45) is 0 Å². The highest BCUT2D eigenvalue weighted by atomic mass is 32.2. The summed E-state index contributed by atoms with van der Waals surface area (Å²) in [5.41, 5.74) is 0. The number of hydrogen-bond donors (Lipinski definition) is 1. The second kappa shape index (κ2) is 3.91. The van der Waals surface area contributed by atoms with Gasteiger partial charge in [-0.05, 0) is 13.8 Å². The van der Waals surface area contributed by atoms with E-state index in [1.54, 1.807) is 7.05 Å². The molecule has 13 heavy (non-hydrogen) atoms. The summed E-state index contributed by atoms with van der Waals surface area (Å²) in [5.74, 6) is 0. The highest BCUT2D eigenvalue weighted by Gasteiger charge is 2.33. The Labute approximate surface area is 79.2 Å². The van der Waals surface area contributed by atoms with Gasteiger partial charge in [-0.15, -0.1) is 0 Å². The molecular formula is C7H16N2O3S. The van der Waals surface area contributed by atoms with E-state index in [9.17, 15) is 8.42 Å². The second-order valence-electron chi connectivity index (χ2n) is 3.41. The smallest absolute Gasteiger partial charge is 0.279 e. The molecule has 0 aromatic rings. The van der Waals surface area contributed by atoms with Gasteiger partial charge >= 0.3 is 0 Å². The molecule has 1 atom stereocenters. The van der Waals surface area contributed by atoms with E-state index in [0.29, 0.717) is 13.2 Å². The summed E-state index contributed by atoms with van der Waals surface area (Å²) in [4.78, 5) is 0. The lowest BCUT2D eigenvalue weighted by atomic mass is 10.3. The molecule has 1 heterocycles. The van der Waals surface area contributed by atoms with Crippen LogP contribution < -0.4 is 4.72 Å². The minimum absolute atomic E-state index is 0.0765. The largest absolute Gasteiger partial charge is 0.377 e. The molecule has 0 bridgehead atoms. The molecule has 1 aliphatic heterocycles. The predicted octanol–water partition coefficient (Wildman–Crippen LogP) is -0.440. The van der Waals surface area contributed by atoms with Crippen LogP contribution in [0.1, 0.15) is 13.8 Å². The number of nitrogens with one attached hydrogen (secondary N) is 1. The van der Waals surface area contributed by atoms with Crippen molar-refractivity contribution in [1.82, 2.24) is 9.03 Å². The predicted molar refractivity (Wildman–Crippen MR) is 49.6 cm³/mol. The van der Waals surface area contributed by atoms with Gasteiger partial charge in [0.25, 0.3) is 10.2 Å². The first-order chi connectivity index (χ1) is 5.93. The van der Waals surface area contributed by atoms with Gasteiger partial charge in [0.2, 0.25) is 0 Å². The summed E-state index contributed by atoms with van der Waals surface area (Å²) in [5, 5.41) is 0. The van der Waals surface area contributed by atoms with Crippen LogP contribution in [0.15, 0.2) is 0 Å². The highest BCUT2D eigenvalue weighted by molar-refractivity contribution is 7.87. The normalized spacial score (nSPS) is 28.5. The minimum atomic E-state index is -3.22. The summed E-state index contributed by atoms with van der Waals surface area (Å²) < 4.78 is 31.4. The zero-order valence-electron chi connectivity index (χ0n) is 8.15. The molecule has 0 aromatic heterocycles. The van der Waals surface area contributed by atoms with E-state index in [4.69, 9.17) is 4.74 Å². The maximum atomic E-state index is 11.2. The molecule has 0 saturated carbocycles. The third-order valence-electron chi connectivity index (χ3n) is 2.02. The van der Waals surface area contributed by atoms with Crippen molar-refractivity contribution in [2.45, 2.75) is 26.0 Å². The highest BCUT2D eigenvalue weighted by Crippen LogP contribution is 2.10. The maximum Gasteiger partial charge on any atom is 0.279 e. The van der Waals surface area contributed by atoms with Crippen LogP contribution in [-0.2, 0) is 14.9 Å². The summed E-state index contributed by atoms with van der Waals surface area (Å²) in [7, 11) is -1.66. The fourth-order valence-electron chi connectivity index (χ4n) is 1.10. The first-order valence-electron chi connectivity index (χ1n) is 4.27. The zero-order valence-corrected chi connectivity index (χ0v) is 8.97. The van der Waals surface area contributed by atoms with E-state index < -0.39 is 10.2 Å². The van der Waals surface area contributed by atoms with Crippen LogP contribution in [0.5, 0.6) is 0 Å². The average Bonchev–Trinajstić information content (AvgIpc) is 2.25. The number of rotatable bonds is 3. The molecule has 6 heteroatoms. The van der Waals surface area contributed by atoms with E-state index in [0.717, 1.165) is 0 Å². The summed E-state index contributed by atoms with van der Waals surface area (Å²) >= 11 is 0. The van der Waals surface area contributed by atoms with Crippen LogP contribution in [0.2, 0.25) is 0 Å². The van der Waals surface area contributed by atoms with Gasteiger partial charge in [0.15, 0.2) is 0 Å². The number of ether oxygens (including phenoxy) is 1. The Kier molecular flexibility index (Phi) is 3.28. The Morgan fingerprint density at radius 3 is 2.62 bits per heavy atom. The molecule has 0 aliphatic carbocycles. The number of nitrogens with zero attached hydrogens (tertiary/aromatic N) is 1. The zero-order chi connectivity index (χ0) is 10.1. The fraction of sp³-hybridized carbons (Fsp3) is 1.00. The van der Waals surface area contributed by atoms with Crippen molar-refractivity contribution in [3.05, 3.63) is 0 Å². The van der Waals surface area contributed by atoms with Gasteiger partial charge in [-0.25, -0.2) is 4.72 Å². The maximum absolute atomic E-state index is 11.2. The second-order valence-corrected chi connectivity index (χ2v) is 5.22. The summed E-state index contributed by atoms with van der Waals surface area (Å²) in [6.45, 7) is 4.74. The molecule has 1 N–H and O–H groups in total. The molecule has 1 fully saturated rings. The van der Waals surface area contributed by atoms with Gasteiger partial charge < -0.3 is 4.74 Å². The fourth-order valence-corrected chi connectivity index (χ4v) is 2.23. The first kappa shape index (κ1) is 10.9. The molecule has 1 saturated heterocycles. The van der Waals surface area contributed by atoms with E-state index in [2.05, 4.69) is 4.72 Å². The Bertz CT molecular complexity index is 263. The molecule has 0 spiro atoms. The first-order valence-corrected chi connectivity index (χ1v) is 5.71. The van der Waals surface area contributed by atoms with Crippen LogP contribution in [0.25, 0.3) is 0 Å². The lowest BCUT2D eigenvalue weighted by Gasteiger charge is -2.17. The molecule has 0 amide bonds. The van der Waals surface area contributed by atoms with Crippen LogP contribution in [0.3, 0.4) is 0 Å². The molecule has 1 unspecified atom stereocenters. The topological polar surface area (TPSA) is 58.6 Å². The van der Waals surface area contributed by atoms with Gasteiger partial charge in [-0.2, -0.15) is 12.7 Å². The van der Waals surface area contributed by atoms with E-state index in [-0.39, 0.29) is 12.1 Å². The molecule has 0 radical (unpaired) electrons. The van der Waals surface area contributed by atoms with Crippen LogP contribution in [0, 0.1) is 0 Å². The van der Waals surface area contributed by atoms with Crippen molar-refractivity contribution < 1.29 is 13.2 Å². The number of hydrogen-bond acceptors (Lipinski definition) is 3. The summed E-state index contributed by atoms with van der Waals surface area (Å²) in [6, 6.07) is -0.0765. The van der Waals surface area contributed by atoms with Crippen LogP contribution in [0.4, 0.5) is 0 Å². The van der Waals surface area contributed by atoms with E-state index in [1.807, 2.05) is 13.8 Å². The van der Waals surface area contributed by atoms with Gasteiger partial charge in [-0.1, -0.05) is 0 Å². The molecular weight excluding hydrogens is 192 g/mol. The lowest BCUT2D eigenvalue weighted by Crippen LogP contribution is -2.34. The van der Waals surface area contributed by atoms with Gasteiger partial charge in [0.1, 0.15) is 0 Å². The third kappa shape index (κ3) is 2.63. The average molecular weight is 208 g/mol. The van der Waals surface area contributed by atoms with Crippen molar-refractivity contribution in [3.8, 4) is 0 Å². The van der Waals surface area contributed by atoms with Gasteiger partial charge in [0, 0.05) is 13.6 Å².